The van der Waals surface area contributed by atoms with Gasteiger partial charge in [-0.05, 0) is 0 Å². The van der Waals surface area contributed by atoms with Crippen LogP contribution in [0.1, 0.15) is 6.42 Å². The van der Waals surface area contributed by atoms with E-state index in [2.05, 4.69) is 0 Å². The van der Waals surface area contributed by atoms with Crippen molar-refractivity contribution in [2.45, 2.75) is 55.4 Å². The number of rotatable bonds is 8. The zero-order chi connectivity index (χ0) is 16.9. The van der Waals surface area contributed by atoms with Crippen molar-refractivity contribution in [2.75, 3.05) is 19.8 Å². The third kappa shape index (κ3) is 4.80. The minimum atomic E-state index is -1.67. The monoisotopic (exact) mass is 328 g/mol. The van der Waals surface area contributed by atoms with Gasteiger partial charge in [-0.3, -0.25) is 0 Å². The Bertz CT molecular complexity index is 314. The summed E-state index contributed by atoms with van der Waals surface area (Å²) in [5, 5.41) is 75.0. The van der Waals surface area contributed by atoms with Crippen molar-refractivity contribution in [2.24, 2.45) is 0 Å². The number of hydrogen-bond donors (Lipinski definition) is 8. The number of ether oxygens (including phenoxy) is 2. The molecule has 0 aromatic carbocycles. The van der Waals surface area contributed by atoms with E-state index in [0.717, 1.165) is 0 Å². The van der Waals surface area contributed by atoms with Crippen molar-refractivity contribution in [1.82, 2.24) is 0 Å². The summed E-state index contributed by atoms with van der Waals surface area (Å²) in [6.07, 6.45) is -11.7. The van der Waals surface area contributed by atoms with Gasteiger partial charge < -0.3 is 50.3 Å². The van der Waals surface area contributed by atoms with Crippen LogP contribution in [0.4, 0.5) is 0 Å². The topological polar surface area (TPSA) is 180 Å². The second kappa shape index (κ2) is 9.03. The van der Waals surface area contributed by atoms with Gasteiger partial charge in [0.25, 0.3) is 0 Å². The summed E-state index contributed by atoms with van der Waals surface area (Å²) in [7, 11) is 0. The zero-order valence-corrected chi connectivity index (χ0v) is 11.8. The molecule has 1 rings (SSSR count). The molecular formula is C12H24O10. The molecule has 22 heavy (non-hydrogen) atoms. The van der Waals surface area contributed by atoms with Gasteiger partial charge in [-0.15, -0.1) is 0 Å². The van der Waals surface area contributed by atoms with Crippen LogP contribution in [-0.2, 0) is 9.47 Å². The Morgan fingerprint density at radius 1 is 0.909 bits per heavy atom. The van der Waals surface area contributed by atoms with Gasteiger partial charge in [0, 0.05) is 6.42 Å². The predicted molar refractivity (Wildman–Crippen MR) is 69.4 cm³/mol. The molecule has 0 saturated carbocycles. The maximum absolute atomic E-state index is 9.82. The summed E-state index contributed by atoms with van der Waals surface area (Å²) in [6, 6.07) is 0. The molecule has 0 radical (unpaired) electrons. The molecule has 0 aliphatic carbocycles. The molecule has 1 aliphatic heterocycles. The third-order valence-corrected chi connectivity index (χ3v) is 3.49. The van der Waals surface area contributed by atoms with E-state index in [-0.39, 0.29) is 6.42 Å². The van der Waals surface area contributed by atoms with E-state index < -0.39 is 68.8 Å². The lowest BCUT2D eigenvalue weighted by Gasteiger charge is -2.41. The van der Waals surface area contributed by atoms with Gasteiger partial charge in [0.15, 0.2) is 6.29 Å². The lowest BCUT2D eigenvalue weighted by Crippen LogP contribution is -2.60. The fraction of sp³-hybridized carbons (Fsp3) is 1.00. The van der Waals surface area contributed by atoms with E-state index in [0.29, 0.717) is 0 Å². The first-order valence-electron chi connectivity index (χ1n) is 6.89. The van der Waals surface area contributed by atoms with E-state index in [9.17, 15) is 25.5 Å². The summed E-state index contributed by atoms with van der Waals surface area (Å²) >= 11 is 0. The first-order valence-corrected chi connectivity index (χ1v) is 6.89. The Labute approximate surface area is 126 Å². The van der Waals surface area contributed by atoms with Crippen LogP contribution < -0.4 is 0 Å². The van der Waals surface area contributed by atoms with Gasteiger partial charge in [0.2, 0.25) is 0 Å². The second-order valence-electron chi connectivity index (χ2n) is 5.19. The summed E-state index contributed by atoms with van der Waals surface area (Å²) in [4.78, 5) is 0. The number of hydrogen-bond acceptors (Lipinski definition) is 10. The molecule has 0 aromatic heterocycles. The highest BCUT2D eigenvalue weighted by Gasteiger charge is 2.45. The van der Waals surface area contributed by atoms with Crippen molar-refractivity contribution in [3.05, 3.63) is 0 Å². The highest BCUT2D eigenvalue weighted by Crippen LogP contribution is 2.24. The molecule has 0 bridgehead atoms. The van der Waals surface area contributed by atoms with Crippen molar-refractivity contribution in [1.29, 1.82) is 0 Å². The van der Waals surface area contributed by atoms with Crippen molar-refractivity contribution < 1.29 is 50.3 Å². The Morgan fingerprint density at radius 3 is 2.05 bits per heavy atom. The van der Waals surface area contributed by atoms with Gasteiger partial charge >= 0.3 is 0 Å². The molecule has 132 valence electrons. The molecule has 0 spiro atoms. The molecule has 1 saturated heterocycles. The van der Waals surface area contributed by atoms with E-state index in [1.165, 1.54) is 0 Å². The van der Waals surface area contributed by atoms with Crippen LogP contribution in [0.25, 0.3) is 0 Å². The molecule has 1 heterocycles. The van der Waals surface area contributed by atoms with E-state index in [1.807, 2.05) is 0 Å². The fourth-order valence-electron chi connectivity index (χ4n) is 2.12. The highest BCUT2D eigenvalue weighted by molar-refractivity contribution is 4.89. The van der Waals surface area contributed by atoms with Crippen LogP contribution in [0.15, 0.2) is 0 Å². The number of aliphatic hydroxyl groups excluding tert-OH is 8. The molecule has 5 unspecified atom stereocenters. The SMILES string of the molecule is OCC(O)CC(O[C@@H]1OC(CO)[C@@H](O)[C@H](O)C1O)C(O)CO. The maximum atomic E-state index is 9.82. The summed E-state index contributed by atoms with van der Waals surface area (Å²) in [5.41, 5.74) is 0. The second-order valence-corrected chi connectivity index (χ2v) is 5.19. The first-order chi connectivity index (χ1) is 10.3. The highest BCUT2D eigenvalue weighted by atomic mass is 16.7. The standard InChI is InChI=1S/C12H24O10/c13-2-5(16)1-7(6(17)3-14)21-12-11(20)10(19)9(18)8(4-15)22-12/h5-20H,1-4H2/t5?,6?,7?,8?,9-,10+,11?,12-/m1/s1. The predicted octanol–water partition coefficient (Wildman–Crippen LogP) is -4.73. The summed E-state index contributed by atoms with van der Waals surface area (Å²) in [6.45, 7) is -1.95. The molecular weight excluding hydrogens is 304 g/mol. The largest absolute Gasteiger partial charge is 0.394 e. The lowest BCUT2D eigenvalue weighted by molar-refractivity contribution is -0.319. The Kier molecular flexibility index (Phi) is 8.07. The Balaban J connectivity index is 2.77. The molecule has 8 atom stereocenters. The molecule has 8 N–H and O–H groups in total. The maximum Gasteiger partial charge on any atom is 0.187 e. The normalized spacial score (nSPS) is 36.8. The van der Waals surface area contributed by atoms with Crippen LogP contribution in [0, 0.1) is 0 Å². The van der Waals surface area contributed by atoms with E-state index >= 15 is 0 Å². The van der Waals surface area contributed by atoms with Gasteiger partial charge in [-0.2, -0.15) is 0 Å². The summed E-state index contributed by atoms with van der Waals surface area (Å²) < 4.78 is 10.3. The summed E-state index contributed by atoms with van der Waals surface area (Å²) in [5.74, 6) is 0. The van der Waals surface area contributed by atoms with Gasteiger partial charge in [-0.1, -0.05) is 0 Å². The van der Waals surface area contributed by atoms with Gasteiger partial charge in [0.05, 0.1) is 32.0 Å². The quantitative estimate of drug-likeness (QED) is 0.215. The smallest absolute Gasteiger partial charge is 0.187 e. The third-order valence-electron chi connectivity index (χ3n) is 3.49. The van der Waals surface area contributed by atoms with Crippen LogP contribution in [0.2, 0.25) is 0 Å². The van der Waals surface area contributed by atoms with E-state index in [4.69, 9.17) is 24.8 Å². The van der Waals surface area contributed by atoms with Gasteiger partial charge in [-0.25, -0.2) is 0 Å². The molecule has 1 fully saturated rings. The van der Waals surface area contributed by atoms with Crippen molar-refractivity contribution in [3.63, 3.8) is 0 Å². The number of aliphatic hydroxyl groups is 8. The molecule has 10 heteroatoms. The Morgan fingerprint density at radius 2 is 1.55 bits per heavy atom. The molecule has 10 nitrogen and oxygen atoms in total. The first kappa shape index (κ1) is 19.6. The average molecular weight is 328 g/mol. The molecule has 1 aliphatic rings. The minimum Gasteiger partial charge on any atom is -0.394 e. The van der Waals surface area contributed by atoms with Crippen LogP contribution in [0.5, 0.6) is 0 Å². The Hall–Kier alpha value is -0.400. The van der Waals surface area contributed by atoms with Crippen LogP contribution in [-0.4, -0.2) is 110 Å². The van der Waals surface area contributed by atoms with E-state index in [1.54, 1.807) is 0 Å². The molecule has 0 aromatic rings. The van der Waals surface area contributed by atoms with Crippen molar-refractivity contribution in [3.8, 4) is 0 Å². The molecule has 0 amide bonds. The lowest BCUT2D eigenvalue weighted by atomic mass is 9.99. The zero-order valence-electron chi connectivity index (χ0n) is 11.8. The minimum absolute atomic E-state index is 0.271. The van der Waals surface area contributed by atoms with Crippen LogP contribution in [0.3, 0.4) is 0 Å². The average Bonchev–Trinajstić information content (AvgIpc) is 2.53. The fourth-order valence-corrected chi connectivity index (χ4v) is 2.12. The van der Waals surface area contributed by atoms with Crippen molar-refractivity contribution >= 4 is 0 Å². The van der Waals surface area contributed by atoms with Crippen LogP contribution >= 0.6 is 0 Å². The van der Waals surface area contributed by atoms with Gasteiger partial charge in [0.1, 0.15) is 30.5 Å².